The van der Waals surface area contributed by atoms with Crippen molar-refractivity contribution in [2.75, 3.05) is 6.61 Å². The molecule has 8 nitrogen and oxygen atoms in total. The zero-order chi connectivity index (χ0) is 17.4. The molecule has 4 unspecified atom stereocenters. The molecule has 0 rings (SSSR count). The number of carboxylic acid groups (broad SMARTS) is 1. The highest BCUT2D eigenvalue weighted by atomic mass is 16.4. The monoisotopic (exact) mass is 317 g/mol. The second-order valence-electron chi connectivity index (χ2n) is 5.73. The molecule has 0 aromatic carbocycles. The molecule has 0 aromatic heterocycles. The Hall–Kier alpha value is -1.67. The number of carbonyl (C=O) groups excluding carboxylic acids is 2. The maximum Gasteiger partial charge on any atom is 0.326 e. The van der Waals surface area contributed by atoms with Gasteiger partial charge in [-0.2, -0.15) is 0 Å². The summed E-state index contributed by atoms with van der Waals surface area (Å²) in [7, 11) is 0. The van der Waals surface area contributed by atoms with Gasteiger partial charge in [0, 0.05) is 0 Å². The fourth-order valence-electron chi connectivity index (χ4n) is 1.80. The van der Waals surface area contributed by atoms with Crippen LogP contribution in [0.1, 0.15) is 34.1 Å². The van der Waals surface area contributed by atoms with Crippen molar-refractivity contribution in [3.8, 4) is 0 Å². The van der Waals surface area contributed by atoms with Crippen molar-refractivity contribution in [3.05, 3.63) is 0 Å². The van der Waals surface area contributed by atoms with Crippen LogP contribution in [0.2, 0.25) is 0 Å². The minimum absolute atomic E-state index is 0.212. The highest BCUT2D eigenvalue weighted by molar-refractivity contribution is 5.92. The van der Waals surface area contributed by atoms with Gasteiger partial charge in [0.25, 0.3) is 0 Å². The van der Waals surface area contributed by atoms with Gasteiger partial charge in [0.05, 0.1) is 6.61 Å². The number of aliphatic carboxylic acids is 1. The van der Waals surface area contributed by atoms with Crippen molar-refractivity contribution in [1.82, 2.24) is 10.6 Å². The van der Waals surface area contributed by atoms with Crippen LogP contribution >= 0.6 is 0 Å². The highest BCUT2D eigenvalue weighted by Gasteiger charge is 2.31. The van der Waals surface area contributed by atoms with Crippen LogP contribution in [0, 0.1) is 11.8 Å². The molecule has 0 bridgehead atoms. The summed E-state index contributed by atoms with van der Waals surface area (Å²) in [6.07, 6.45) is 0.603. The number of aliphatic hydroxyl groups excluding tert-OH is 1. The second-order valence-corrected chi connectivity index (χ2v) is 5.73. The lowest BCUT2D eigenvalue weighted by Crippen LogP contribution is -2.57. The van der Waals surface area contributed by atoms with Crippen LogP contribution in [0.25, 0.3) is 0 Å². The minimum atomic E-state index is -1.13. The van der Waals surface area contributed by atoms with Gasteiger partial charge in [-0.1, -0.05) is 34.1 Å². The van der Waals surface area contributed by atoms with Gasteiger partial charge in [-0.3, -0.25) is 9.59 Å². The summed E-state index contributed by atoms with van der Waals surface area (Å²) in [6.45, 7) is 6.43. The van der Waals surface area contributed by atoms with Gasteiger partial charge in [0.15, 0.2) is 0 Å². The largest absolute Gasteiger partial charge is 0.480 e. The van der Waals surface area contributed by atoms with E-state index < -0.39 is 42.5 Å². The average molecular weight is 317 g/mol. The molecule has 22 heavy (non-hydrogen) atoms. The number of rotatable bonds is 9. The number of carboxylic acids is 1. The molecule has 2 amide bonds. The molecule has 4 atom stereocenters. The van der Waals surface area contributed by atoms with Crippen LogP contribution in [0.15, 0.2) is 0 Å². The fraction of sp³-hybridized carbons (Fsp3) is 0.786. The third kappa shape index (κ3) is 5.98. The molecular formula is C14H27N3O5. The van der Waals surface area contributed by atoms with Gasteiger partial charge in [0.1, 0.15) is 18.1 Å². The summed E-state index contributed by atoms with van der Waals surface area (Å²) in [4.78, 5) is 35.2. The lowest BCUT2D eigenvalue weighted by Gasteiger charge is -2.27. The number of carbonyl (C=O) groups is 3. The van der Waals surface area contributed by atoms with E-state index in [4.69, 9.17) is 15.9 Å². The zero-order valence-electron chi connectivity index (χ0n) is 13.5. The Morgan fingerprint density at radius 1 is 1.05 bits per heavy atom. The molecule has 0 aliphatic rings. The molecule has 0 heterocycles. The molecule has 0 aliphatic heterocycles. The summed E-state index contributed by atoms with van der Waals surface area (Å²) >= 11 is 0. The Bertz CT molecular complexity index is 400. The van der Waals surface area contributed by atoms with Crippen LogP contribution in [0.5, 0.6) is 0 Å². The van der Waals surface area contributed by atoms with E-state index in [2.05, 4.69) is 10.6 Å². The smallest absolute Gasteiger partial charge is 0.326 e. The molecule has 0 aromatic rings. The molecule has 0 saturated heterocycles. The van der Waals surface area contributed by atoms with E-state index in [9.17, 15) is 14.4 Å². The van der Waals surface area contributed by atoms with Crippen molar-refractivity contribution in [2.45, 2.75) is 52.2 Å². The summed E-state index contributed by atoms with van der Waals surface area (Å²) in [5, 5.41) is 22.9. The van der Waals surface area contributed by atoms with Crippen molar-refractivity contribution in [3.63, 3.8) is 0 Å². The van der Waals surface area contributed by atoms with Crippen LogP contribution < -0.4 is 16.4 Å². The van der Waals surface area contributed by atoms with Crippen molar-refractivity contribution >= 4 is 17.8 Å². The Morgan fingerprint density at radius 2 is 1.55 bits per heavy atom. The van der Waals surface area contributed by atoms with Crippen LogP contribution in [0.3, 0.4) is 0 Å². The summed E-state index contributed by atoms with van der Waals surface area (Å²) < 4.78 is 0. The van der Waals surface area contributed by atoms with Gasteiger partial charge in [0.2, 0.25) is 11.8 Å². The molecule has 128 valence electrons. The number of nitrogens with two attached hydrogens (primary N) is 1. The van der Waals surface area contributed by atoms with Gasteiger partial charge in [-0.25, -0.2) is 4.79 Å². The maximum absolute atomic E-state index is 12.3. The third-order valence-corrected chi connectivity index (χ3v) is 3.56. The lowest BCUT2D eigenvalue weighted by molar-refractivity contribution is -0.143. The van der Waals surface area contributed by atoms with E-state index in [1.54, 1.807) is 20.8 Å². The molecular weight excluding hydrogens is 290 g/mol. The summed E-state index contributed by atoms with van der Waals surface area (Å²) in [6, 6.07) is -3.07. The predicted octanol–water partition coefficient (Wildman–Crippen LogP) is -0.938. The molecule has 0 spiro atoms. The first-order valence-corrected chi connectivity index (χ1v) is 7.35. The standard InChI is InChI=1S/C14H27N3O5/c1-5-8(4)11(17-12(19)9(15)6-18)13(20)16-10(7(2)3)14(21)22/h7-11,18H,5-6,15H2,1-4H3,(H,16,20)(H,17,19)(H,21,22). The molecule has 0 radical (unpaired) electrons. The van der Waals surface area contributed by atoms with Crippen LogP contribution in [0.4, 0.5) is 0 Å². The number of hydrogen-bond donors (Lipinski definition) is 5. The average Bonchev–Trinajstić information content (AvgIpc) is 2.47. The Kier molecular flexibility index (Phi) is 8.66. The first kappa shape index (κ1) is 20.3. The van der Waals surface area contributed by atoms with E-state index in [1.807, 2.05) is 6.92 Å². The highest BCUT2D eigenvalue weighted by Crippen LogP contribution is 2.10. The van der Waals surface area contributed by atoms with Crippen LogP contribution in [-0.4, -0.2) is 52.7 Å². The first-order chi connectivity index (χ1) is 10.1. The van der Waals surface area contributed by atoms with Gasteiger partial charge in [-0.15, -0.1) is 0 Å². The van der Waals surface area contributed by atoms with E-state index in [1.165, 1.54) is 0 Å². The first-order valence-electron chi connectivity index (χ1n) is 7.35. The lowest BCUT2D eigenvalue weighted by atomic mass is 9.96. The number of nitrogens with one attached hydrogen (secondary N) is 2. The molecule has 0 saturated carbocycles. The van der Waals surface area contributed by atoms with E-state index in [0.29, 0.717) is 6.42 Å². The quantitative estimate of drug-likeness (QED) is 0.372. The maximum atomic E-state index is 12.3. The molecule has 0 aliphatic carbocycles. The Labute approximate surface area is 130 Å². The van der Waals surface area contributed by atoms with Gasteiger partial charge < -0.3 is 26.6 Å². The van der Waals surface area contributed by atoms with Gasteiger partial charge in [-0.05, 0) is 11.8 Å². The number of hydrogen-bond acceptors (Lipinski definition) is 5. The fourth-order valence-corrected chi connectivity index (χ4v) is 1.80. The Morgan fingerprint density at radius 3 is 1.91 bits per heavy atom. The molecule has 0 fully saturated rings. The topological polar surface area (TPSA) is 142 Å². The van der Waals surface area contributed by atoms with E-state index in [0.717, 1.165) is 0 Å². The second kappa shape index (κ2) is 9.37. The number of aliphatic hydroxyl groups is 1. The predicted molar refractivity (Wildman–Crippen MR) is 80.9 cm³/mol. The van der Waals surface area contributed by atoms with Gasteiger partial charge >= 0.3 is 5.97 Å². The molecule has 8 heteroatoms. The third-order valence-electron chi connectivity index (χ3n) is 3.56. The van der Waals surface area contributed by atoms with Crippen LogP contribution in [-0.2, 0) is 14.4 Å². The SMILES string of the molecule is CCC(C)C(NC(=O)C(N)CO)C(=O)NC(C(=O)O)C(C)C. The molecule has 6 N–H and O–H groups in total. The minimum Gasteiger partial charge on any atom is -0.480 e. The van der Waals surface area contributed by atoms with E-state index >= 15 is 0 Å². The van der Waals surface area contributed by atoms with Crippen molar-refractivity contribution in [2.24, 2.45) is 17.6 Å². The van der Waals surface area contributed by atoms with E-state index in [-0.39, 0.29) is 11.8 Å². The normalized spacial score (nSPS) is 16.5. The zero-order valence-corrected chi connectivity index (χ0v) is 13.5. The summed E-state index contributed by atoms with van der Waals surface area (Å²) in [5.74, 6) is -2.87. The summed E-state index contributed by atoms with van der Waals surface area (Å²) in [5.41, 5.74) is 5.42. The van der Waals surface area contributed by atoms with Crippen molar-refractivity contribution < 1.29 is 24.6 Å². The van der Waals surface area contributed by atoms with Crippen molar-refractivity contribution in [1.29, 1.82) is 0 Å². The number of amides is 2. The Balaban J connectivity index is 5.06.